The van der Waals surface area contributed by atoms with Gasteiger partial charge in [0.15, 0.2) is 0 Å². The molecule has 1 heterocycles. The van der Waals surface area contributed by atoms with Gasteiger partial charge in [0.2, 0.25) is 0 Å². The predicted octanol–water partition coefficient (Wildman–Crippen LogP) is 2.74. The van der Waals surface area contributed by atoms with Crippen LogP contribution in [0.1, 0.15) is 50.5 Å². The van der Waals surface area contributed by atoms with Gasteiger partial charge in [-0.05, 0) is 25.8 Å². The Bertz CT molecular complexity index is 566. The molecule has 0 radical (unpaired) electrons. The number of aryl methyl sites for hydroxylation is 1. The first kappa shape index (κ1) is 17.0. The van der Waals surface area contributed by atoms with Crippen molar-refractivity contribution in [1.82, 2.24) is 9.88 Å². The highest BCUT2D eigenvalue weighted by molar-refractivity contribution is 8.13. The Morgan fingerprint density at radius 2 is 2.05 bits per heavy atom. The summed E-state index contributed by atoms with van der Waals surface area (Å²) in [7, 11) is 1.51. The molecular weight excluding hydrogens is 300 g/mol. The first-order chi connectivity index (χ1) is 9.29. The summed E-state index contributed by atoms with van der Waals surface area (Å²) in [4.78, 5) is 12.2. The molecule has 0 fully saturated rings. The molecule has 20 heavy (non-hydrogen) atoms. The molecule has 0 saturated carbocycles. The van der Waals surface area contributed by atoms with Crippen molar-refractivity contribution in [3.8, 4) is 0 Å². The molecule has 0 bridgehead atoms. The average Bonchev–Trinajstić information content (AvgIpc) is 2.73. The fourth-order valence-electron chi connectivity index (χ4n) is 2.04. The van der Waals surface area contributed by atoms with Crippen LogP contribution in [0.5, 0.6) is 0 Å². The van der Waals surface area contributed by atoms with Crippen molar-refractivity contribution in [1.29, 1.82) is 0 Å². The highest BCUT2D eigenvalue weighted by Crippen LogP contribution is 2.19. The smallest absolute Gasteiger partial charge is 0.268 e. The van der Waals surface area contributed by atoms with Crippen LogP contribution in [-0.2, 0) is 15.6 Å². The van der Waals surface area contributed by atoms with Gasteiger partial charge in [0.25, 0.3) is 15.0 Å². The molecule has 0 saturated heterocycles. The number of carbonyl (C=O) groups is 1. The summed E-state index contributed by atoms with van der Waals surface area (Å²) >= 11 is 0. The van der Waals surface area contributed by atoms with Gasteiger partial charge in [-0.3, -0.25) is 4.79 Å². The molecule has 1 rings (SSSR count). The lowest BCUT2D eigenvalue weighted by Gasteiger charge is -2.14. The molecule has 0 aromatic carbocycles. The fourth-order valence-corrected chi connectivity index (χ4v) is 2.79. The number of rotatable bonds is 7. The van der Waals surface area contributed by atoms with Gasteiger partial charge in [-0.15, -0.1) is 0 Å². The van der Waals surface area contributed by atoms with Gasteiger partial charge in [-0.2, -0.15) is 0 Å². The number of hydrogen-bond donors (Lipinski definition) is 1. The minimum atomic E-state index is -3.82. The lowest BCUT2D eigenvalue weighted by molar-refractivity contribution is 0.0928. The first-order valence-corrected chi connectivity index (χ1v) is 9.06. The van der Waals surface area contributed by atoms with Crippen molar-refractivity contribution < 1.29 is 13.2 Å². The van der Waals surface area contributed by atoms with Gasteiger partial charge in [0.05, 0.1) is 0 Å². The first-order valence-electron chi connectivity index (χ1n) is 6.75. The maximum absolute atomic E-state index is 12.2. The molecule has 7 heteroatoms. The van der Waals surface area contributed by atoms with Crippen molar-refractivity contribution in [2.45, 2.75) is 57.5 Å². The number of amides is 1. The summed E-state index contributed by atoms with van der Waals surface area (Å²) in [5.41, 5.74) is 0.328. The molecule has 0 aliphatic heterocycles. The van der Waals surface area contributed by atoms with E-state index in [1.54, 1.807) is 4.57 Å². The summed E-state index contributed by atoms with van der Waals surface area (Å²) in [5, 5.41) is 2.86. The Balaban J connectivity index is 3.03. The number of aromatic nitrogens is 1. The lowest BCUT2D eigenvalue weighted by atomic mass is 10.2. The number of nitrogens with one attached hydrogen (secondary N) is 1. The molecule has 1 amide bonds. The standard InChI is InChI=1S/C13H21ClN2O3S/c1-4-6-10(3)15-13(17)12-8-11(20(14,18)19)9-16(12)7-5-2/h8-10H,4-7H2,1-3H3,(H,15,17). The minimum absolute atomic E-state index is 0.0408. The largest absolute Gasteiger partial charge is 0.348 e. The van der Waals surface area contributed by atoms with Crippen LogP contribution in [0.2, 0.25) is 0 Å². The van der Waals surface area contributed by atoms with E-state index >= 15 is 0 Å². The number of nitrogens with zero attached hydrogens (tertiary/aromatic N) is 1. The van der Waals surface area contributed by atoms with Gasteiger partial charge < -0.3 is 9.88 Å². The van der Waals surface area contributed by atoms with E-state index in [0.717, 1.165) is 19.3 Å². The van der Waals surface area contributed by atoms with E-state index in [9.17, 15) is 13.2 Å². The molecule has 114 valence electrons. The summed E-state index contributed by atoms with van der Waals surface area (Å²) in [6.07, 6.45) is 4.05. The highest BCUT2D eigenvalue weighted by Gasteiger charge is 2.20. The third-order valence-electron chi connectivity index (χ3n) is 2.95. The SMILES string of the molecule is CCCC(C)NC(=O)c1cc(S(=O)(=O)Cl)cn1CCC. The van der Waals surface area contributed by atoms with Crippen molar-refractivity contribution in [2.24, 2.45) is 0 Å². The molecule has 1 aromatic heterocycles. The Labute approximate surface area is 124 Å². The van der Waals surface area contributed by atoms with E-state index in [1.807, 2.05) is 20.8 Å². The minimum Gasteiger partial charge on any atom is -0.348 e. The third-order valence-corrected chi connectivity index (χ3v) is 4.27. The molecule has 5 nitrogen and oxygen atoms in total. The molecule has 1 aromatic rings. The van der Waals surface area contributed by atoms with E-state index in [1.165, 1.54) is 12.3 Å². The van der Waals surface area contributed by atoms with Crippen molar-refractivity contribution in [3.05, 3.63) is 18.0 Å². The van der Waals surface area contributed by atoms with Crippen LogP contribution >= 0.6 is 10.7 Å². The molecular formula is C13H21ClN2O3S. The fraction of sp³-hybridized carbons (Fsp3) is 0.615. The number of hydrogen-bond acceptors (Lipinski definition) is 3. The van der Waals surface area contributed by atoms with Gasteiger partial charge >= 0.3 is 0 Å². The number of carbonyl (C=O) groups excluding carboxylic acids is 1. The molecule has 0 aliphatic rings. The Morgan fingerprint density at radius 1 is 1.40 bits per heavy atom. The van der Waals surface area contributed by atoms with Gasteiger partial charge in [-0.25, -0.2) is 8.42 Å². The van der Waals surface area contributed by atoms with Crippen molar-refractivity contribution in [2.75, 3.05) is 0 Å². The molecule has 0 aliphatic carbocycles. The molecule has 1 N–H and O–H groups in total. The lowest BCUT2D eigenvalue weighted by Crippen LogP contribution is -2.33. The maximum Gasteiger partial charge on any atom is 0.268 e. The summed E-state index contributed by atoms with van der Waals surface area (Å²) in [6.45, 7) is 6.49. The second-order valence-corrected chi connectivity index (χ2v) is 7.42. The Morgan fingerprint density at radius 3 is 2.55 bits per heavy atom. The monoisotopic (exact) mass is 320 g/mol. The number of halogens is 1. The van der Waals surface area contributed by atoms with Gasteiger partial charge in [-0.1, -0.05) is 20.3 Å². The topological polar surface area (TPSA) is 68.2 Å². The van der Waals surface area contributed by atoms with Crippen LogP contribution in [0, 0.1) is 0 Å². The van der Waals surface area contributed by atoms with Gasteiger partial charge in [0, 0.05) is 29.5 Å². The van der Waals surface area contributed by atoms with Crippen LogP contribution < -0.4 is 5.32 Å². The summed E-state index contributed by atoms with van der Waals surface area (Å²) in [6, 6.07) is 1.37. The normalized spacial score (nSPS) is 13.2. The second kappa shape index (κ2) is 7.13. The van der Waals surface area contributed by atoms with E-state index in [4.69, 9.17) is 10.7 Å². The van der Waals surface area contributed by atoms with Crippen LogP contribution in [-0.4, -0.2) is 24.9 Å². The predicted molar refractivity (Wildman–Crippen MR) is 79.6 cm³/mol. The van der Waals surface area contributed by atoms with Gasteiger partial charge in [0.1, 0.15) is 10.6 Å². The zero-order valence-corrected chi connectivity index (χ0v) is 13.6. The van der Waals surface area contributed by atoms with Crippen LogP contribution in [0.15, 0.2) is 17.2 Å². The zero-order chi connectivity index (χ0) is 15.3. The van der Waals surface area contributed by atoms with Crippen LogP contribution in [0.4, 0.5) is 0 Å². The van der Waals surface area contributed by atoms with E-state index < -0.39 is 9.05 Å². The average molecular weight is 321 g/mol. The van der Waals surface area contributed by atoms with E-state index in [0.29, 0.717) is 12.2 Å². The molecule has 1 unspecified atom stereocenters. The van der Waals surface area contributed by atoms with Crippen LogP contribution in [0.25, 0.3) is 0 Å². The molecule has 1 atom stereocenters. The Kier molecular flexibility index (Phi) is 6.07. The summed E-state index contributed by atoms with van der Waals surface area (Å²) < 4.78 is 24.4. The third kappa shape index (κ3) is 4.52. The zero-order valence-electron chi connectivity index (χ0n) is 12.0. The summed E-state index contributed by atoms with van der Waals surface area (Å²) in [5.74, 6) is -0.272. The second-order valence-electron chi connectivity index (χ2n) is 4.86. The van der Waals surface area contributed by atoms with Crippen molar-refractivity contribution in [3.63, 3.8) is 0 Å². The highest BCUT2D eigenvalue weighted by atomic mass is 35.7. The molecule has 0 spiro atoms. The quantitative estimate of drug-likeness (QED) is 0.785. The van der Waals surface area contributed by atoms with Crippen LogP contribution in [0.3, 0.4) is 0 Å². The van der Waals surface area contributed by atoms with E-state index in [2.05, 4.69) is 5.32 Å². The van der Waals surface area contributed by atoms with Crippen molar-refractivity contribution >= 4 is 25.6 Å². The van der Waals surface area contributed by atoms with E-state index in [-0.39, 0.29) is 16.8 Å². The Hall–Kier alpha value is -1.01. The maximum atomic E-state index is 12.2.